The third kappa shape index (κ3) is 2.47. The lowest BCUT2D eigenvalue weighted by molar-refractivity contribution is -0.170. The largest absolute Gasteiger partial charge is 0.343 e. The Morgan fingerprint density at radius 1 is 1.19 bits per heavy atom. The van der Waals surface area contributed by atoms with E-state index in [2.05, 4.69) is 47.1 Å². The van der Waals surface area contributed by atoms with Crippen molar-refractivity contribution in [2.45, 2.75) is 25.6 Å². The van der Waals surface area contributed by atoms with Gasteiger partial charge in [-0.1, -0.05) is 45.8 Å². The molecule has 2 nitrogen and oxygen atoms in total. The molecule has 0 aromatic heterocycles. The molecular formula is C13H17BrO2. The Bertz CT molecular complexity index is 328. The first kappa shape index (κ1) is 12.1. The fourth-order valence-electron chi connectivity index (χ4n) is 2.02. The summed E-state index contributed by atoms with van der Waals surface area (Å²) in [7, 11) is 0. The molecule has 0 amide bonds. The molecule has 0 spiro atoms. The molecule has 3 heteroatoms. The fourth-order valence-corrected chi connectivity index (χ4v) is 2.30. The normalized spacial score (nSPS) is 18.9. The van der Waals surface area contributed by atoms with E-state index in [4.69, 9.17) is 9.47 Å². The van der Waals surface area contributed by atoms with Crippen LogP contribution in [0.3, 0.4) is 0 Å². The number of hydrogen-bond acceptors (Lipinski definition) is 2. The number of ether oxygens (including phenoxy) is 2. The van der Waals surface area contributed by atoms with Crippen molar-refractivity contribution in [1.29, 1.82) is 0 Å². The number of aryl methyl sites for hydroxylation is 1. The first-order chi connectivity index (χ1) is 7.77. The van der Waals surface area contributed by atoms with Crippen LogP contribution in [0.5, 0.6) is 0 Å². The summed E-state index contributed by atoms with van der Waals surface area (Å²) in [5, 5.41) is 0.979. The first-order valence-electron chi connectivity index (χ1n) is 5.68. The van der Waals surface area contributed by atoms with Crippen LogP contribution in [0.1, 0.15) is 24.0 Å². The molecule has 0 radical (unpaired) electrons. The van der Waals surface area contributed by atoms with Crippen LogP contribution in [0.2, 0.25) is 0 Å². The van der Waals surface area contributed by atoms with Gasteiger partial charge in [-0.3, -0.25) is 0 Å². The lowest BCUT2D eigenvalue weighted by atomic mass is 10.00. The van der Waals surface area contributed by atoms with Crippen molar-refractivity contribution in [1.82, 2.24) is 0 Å². The van der Waals surface area contributed by atoms with Crippen LogP contribution in [0.4, 0.5) is 0 Å². The first-order valence-corrected chi connectivity index (χ1v) is 6.80. The van der Waals surface area contributed by atoms with Gasteiger partial charge in [-0.05, 0) is 13.3 Å². The van der Waals surface area contributed by atoms with Gasteiger partial charge in [-0.25, -0.2) is 0 Å². The minimum atomic E-state index is -0.499. The van der Waals surface area contributed by atoms with Crippen LogP contribution < -0.4 is 0 Å². The molecule has 0 bridgehead atoms. The third-order valence-electron chi connectivity index (χ3n) is 2.88. The summed E-state index contributed by atoms with van der Waals surface area (Å²) in [6.45, 7) is 3.47. The Labute approximate surface area is 105 Å². The average molecular weight is 285 g/mol. The Hall–Kier alpha value is -0.380. The van der Waals surface area contributed by atoms with Crippen molar-refractivity contribution in [3.8, 4) is 0 Å². The van der Waals surface area contributed by atoms with Gasteiger partial charge < -0.3 is 9.47 Å². The van der Waals surface area contributed by atoms with E-state index >= 15 is 0 Å². The van der Waals surface area contributed by atoms with Gasteiger partial charge in [0.15, 0.2) is 5.79 Å². The SMILES string of the molecule is Cc1ccc(C2(CCCBr)OCCO2)cc1. The van der Waals surface area contributed by atoms with Crippen LogP contribution in [-0.2, 0) is 15.3 Å². The van der Waals surface area contributed by atoms with E-state index in [1.165, 1.54) is 5.56 Å². The predicted octanol–water partition coefficient (Wildman–Crippen LogP) is 3.37. The van der Waals surface area contributed by atoms with Gasteiger partial charge in [0.2, 0.25) is 0 Å². The molecule has 0 unspecified atom stereocenters. The van der Waals surface area contributed by atoms with Gasteiger partial charge in [0.1, 0.15) is 0 Å². The van der Waals surface area contributed by atoms with Crippen molar-refractivity contribution in [3.05, 3.63) is 35.4 Å². The summed E-state index contributed by atoms with van der Waals surface area (Å²) in [5.41, 5.74) is 2.40. The number of benzene rings is 1. The molecule has 1 fully saturated rings. The summed E-state index contributed by atoms with van der Waals surface area (Å²) < 4.78 is 11.7. The summed E-state index contributed by atoms with van der Waals surface area (Å²) in [5.74, 6) is -0.499. The van der Waals surface area contributed by atoms with E-state index in [0.717, 1.165) is 23.7 Å². The number of halogens is 1. The minimum Gasteiger partial charge on any atom is -0.343 e. The van der Waals surface area contributed by atoms with E-state index in [9.17, 15) is 0 Å². The topological polar surface area (TPSA) is 18.5 Å². The molecule has 1 saturated heterocycles. The monoisotopic (exact) mass is 284 g/mol. The Morgan fingerprint density at radius 2 is 1.81 bits per heavy atom. The zero-order valence-electron chi connectivity index (χ0n) is 9.54. The summed E-state index contributed by atoms with van der Waals surface area (Å²) in [6.07, 6.45) is 1.95. The number of rotatable bonds is 4. The van der Waals surface area contributed by atoms with E-state index in [1.807, 2.05) is 0 Å². The number of alkyl halides is 1. The minimum absolute atomic E-state index is 0.499. The average Bonchev–Trinajstić information content (AvgIpc) is 2.77. The molecule has 2 rings (SSSR count). The highest BCUT2D eigenvalue weighted by atomic mass is 79.9. The molecule has 1 aromatic rings. The van der Waals surface area contributed by atoms with Gasteiger partial charge in [-0.15, -0.1) is 0 Å². The van der Waals surface area contributed by atoms with E-state index in [0.29, 0.717) is 13.2 Å². The standard InChI is InChI=1S/C13H17BrO2/c1-11-3-5-12(6-4-11)13(7-2-8-14)15-9-10-16-13/h3-6H,2,7-10H2,1H3. The summed E-state index contributed by atoms with van der Waals surface area (Å²) >= 11 is 3.45. The maximum atomic E-state index is 5.83. The molecule has 0 saturated carbocycles. The maximum absolute atomic E-state index is 5.83. The smallest absolute Gasteiger partial charge is 0.195 e. The molecule has 16 heavy (non-hydrogen) atoms. The molecule has 0 aliphatic carbocycles. The Morgan fingerprint density at radius 3 is 2.38 bits per heavy atom. The van der Waals surface area contributed by atoms with Gasteiger partial charge in [-0.2, -0.15) is 0 Å². The van der Waals surface area contributed by atoms with Gasteiger partial charge in [0, 0.05) is 17.3 Å². The molecule has 88 valence electrons. The highest BCUT2D eigenvalue weighted by Crippen LogP contribution is 2.36. The fraction of sp³-hybridized carbons (Fsp3) is 0.538. The van der Waals surface area contributed by atoms with Crippen LogP contribution in [0.15, 0.2) is 24.3 Å². The van der Waals surface area contributed by atoms with E-state index in [1.54, 1.807) is 0 Å². The molecule has 1 aliphatic heterocycles. The zero-order valence-corrected chi connectivity index (χ0v) is 11.1. The third-order valence-corrected chi connectivity index (χ3v) is 3.45. The molecule has 1 aromatic carbocycles. The van der Waals surface area contributed by atoms with Crippen LogP contribution in [-0.4, -0.2) is 18.5 Å². The molecular weight excluding hydrogens is 268 g/mol. The second-order valence-corrected chi connectivity index (χ2v) is 4.90. The second kappa shape index (κ2) is 5.30. The predicted molar refractivity (Wildman–Crippen MR) is 67.8 cm³/mol. The van der Waals surface area contributed by atoms with E-state index in [-0.39, 0.29) is 0 Å². The number of hydrogen-bond donors (Lipinski definition) is 0. The van der Waals surface area contributed by atoms with Crippen molar-refractivity contribution in [3.63, 3.8) is 0 Å². The summed E-state index contributed by atoms with van der Waals surface area (Å²) in [6, 6.07) is 8.43. The van der Waals surface area contributed by atoms with Crippen molar-refractivity contribution < 1.29 is 9.47 Å². The van der Waals surface area contributed by atoms with Crippen molar-refractivity contribution in [2.24, 2.45) is 0 Å². The quantitative estimate of drug-likeness (QED) is 0.790. The van der Waals surface area contributed by atoms with Crippen molar-refractivity contribution >= 4 is 15.9 Å². The highest BCUT2D eigenvalue weighted by Gasteiger charge is 2.37. The lowest BCUT2D eigenvalue weighted by Gasteiger charge is -2.27. The van der Waals surface area contributed by atoms with Gasteiger partial charge in [0.05, 0.1) is 13.2 Å². The van der Waals surface area contributed by atoms with Crippen LogP contribution >= 0.6 is 15.9 Å². The Balaban J connectivity index is 2.21. The zero-order chi connectivity index (χ0) is 11.4. The lowest BCUT2D eigenvalue weighted by Crippen LogP contribution is -2.27. The molecule has 0 N–H and O–H groups in total. The van der Waals surface area contributed by atoms with Crippen molar-refractivity contribution in [2.75, 3.05) is 18.5 Å². The molecule has 0 atom stereocenters. The van der Waals surface area contributed by atoms with Crippen LogP contribution in [0.25, 0.3) is 0 Å². The van der Waals surface area contributed by atoms with Gasteiger partial charge in [0.25, 0.3) is 0 Å². The van der Waals surface area contributed by atoms with Gasteiger partial charge >= 0.3 is 0 Å². The molecule has 1 aliphatic rings. The maximum Gasteiger partial charge on any atom is 0.195 e. The highest BCUT2D eigenvalue weighted by molar-refractivity contribution is 9.09. The Kier molecular flexibility index (Phi) is 4.00. The second-order valence-electron chi connectivity index (χ2n) is 4.11. The summed E-state index contributed by atoms with van der Waals surface area (Å²) in [4.78, 5) is 0. The molecule has 1 heterocycles. The van der Waals surface area contributed by atoms with Crippen LogP contribution in [0, 0.1) is 6.92 Å². The van der Waals surface area contributed by atoms with E-state index < -0.39 is 5.79 Å².